The number of likely N-dealkylation sites (tertiary alicyclic amines) is 1. The summed E-state index contributed by atoms with van der Waals surface area (Å²) in [7, 11) is 2.17. The van der Waals surface area contributed by atoms with Gasteiger partial charge in [-0.05, 0) is 87.0 Å². The lowest BCUT2D eigenvalue weighted by atomic mass is 9.74. The van der Waals surface area contributed by atoms with Crippen LogP contribution in [0.15, 0.2) is 64.3 Å². The van der Waals surface area contributed by atoms with Crippen LogP contribution in [0.1, 0.15) is 74.3 Å². The molecule has 0 spiro atoms. The van der Waals surface area contributed by atoms with Crippen LogP contribution in [-0.2, 0) is 19.1 Å². The van der Waals surface area contributed by atoms with Crippen molar-refractivity contribution in [3.63, 3.8) is 0 Å². The number of fused-ring (bicyclic) bond motifs is 2. The molecule has 6 heteroatoms. The summed E-state index contributed by atoms with van der Waals surface area (Å²) in [6, 6.07) is 14.9. The van der Waals surface area contributed by atoms with E-state index in [0.29, 0.717) is 17.0 Å². The van der Waals surface area contributed by atoms with Gasteiger partial charge in [0.2, 0.25) is 0 Å². The molecular weight excluding hydrogens is 500 g/mol. The van der Waals surface area contributed by atoms with Gasteiger partial charge in [0.05, 0.1) is 18.8 Å². The number of hydrogen-bond donors (Lipinski definition) is 0. The van der Waals surface area contributed by atoms with Crippen LogP contribution in [0.4, 0.5) is 0 Å². The normalized spacial score (nSPS) is 20.9. The van der Waals surface area contributed by atoms with E-state index >= 15 is 0 Å². The molecule has 1 saturated heterocycles. The van der Waals surface area contributed by atoms with Crippen molar-refractivity contribution in [2.75, 3.05) is 33.4 Å². The minimum Gasteiger partial charge on any atom is -0.465 e. The van der Waals surface area contributed by atoms with Gasteiger partial charge in [-0.3, -0.25) is 9.79 Å². The largest absolute Gasteiger partial charge is 0.465 e. The Kier molecular flexibility index (Phi) is 8.17. The second-order valence-corrected chi connectivity index (χ2v) is 10.7. The monoisotopic (exact) mass is 538 g/mol. The number of allylic oxidation sites excluding steroid dienone is 1. The van der Waals surface area contributed by atoms with Crippen LogP contribution in [-0.4, -0.2) is 55.9 Å². The van der Waals surface area contributed by atoms with Gasteiger partial charge in [0.1, 0.15) is 5.92 Å². The Bertz CT molecular complexity index is 1450. The summed E-state index contributed by atoms with van der Waals surface area (Å²) in [6.07, 6.45) is 6.35. The molecule has 0 saturated carbocycles. The van der Waals surface area contributed by atoms with Gasteiger partial charge in [0.25, 0.3) is 0 Å². The number of aliphatic imine (C=N–C) groups is 1. The summed E-state index contributed by atoms with van der Waals surface area (Å²) in [5.41, 5.74) is 9.88. The van der Waals surface area contributed by atoms with E-state index in [1.54, 1.807) is 13.8 Å². The fraction of sp³-hybridized carbons (Fsp3) is 0.382. The molecule has 2 aromatic rings. The molecule has 0 N–H and O–H groups in total. The molecule has 0 amide bonds. The highest BCUT2D eigenvalue weighted by molar-refractivity contribution is 6.07. The van der Waals surface area contributed by atoms with Gasteiger partial charge >= 0.3 is 11.9 Å². The summed E-state index contributed by atoms with van der Waals surface area (Å²) < 4.78 is 11.0. The summed E-state index contributed by atoms with van der Waals surface area (Å²) in [5.74, 6) is -2.09. The molecule has 1 fully saturated rings. The zero-order chi connectivity index (χ0) is 28.4. The highest BCUT2D eigenvalue weighted by atomic mass is 16.5. The number of ether oxygens (including phenoxy) is 2. The van der Waals surface area contributed by atoms with E-state index in [0.717, 1.165) is 42.6 Å². The Morgan fingerprint density at radius 3 is 2.30 bits per heavy atom. The number of piperidine rings is 1. The molecule has 3 aliphatic rings. The highest BCUT2D eigenvalue weighted by Gasteiger charge is 2.42. The SMILES string of the molecule is CCOC(=O)C1=C(C)N=C(C)C(C(=O)OCC)C1c1ccc2c(c1)C(=C1CCN(C)CC1)c1ccccc1C=C2. The van der Waals surface area contributed by atoms with Gasteiger partial charge in [-0.25, -0.2) is 4.79 Å². The van der Waals surface area contributed by atoms with Gasteiger partial charge in [0.15, 0.2) is 0 Å². The van der Waals surface area contributed by atoms with Crippen molar-refractivity contribution < 1.29 is 19.1 Å². The maximum Gasteiger partial charge on any atom is 0.336 e. The molecule has 0 aromatic heterocycles. The summed E-state index contributed by atoms with van der Waals surface area (Å²) in [4.78, 5) is 33.7. The Morgan fingerprint density at radius 2 is 1.60 bits per heavy atom. The number of benzene rings is 2. The first-order valence-electron chi connectivity index (χ1n) is 14.3. The van der Waals surface area contributed by atoms with Gasteiger partial charge in [0, 0.05) is 30.4 Å². The molecule has 0 radical (unpaired) electrons. The lowest BCUT2D eigenvalue weighted by molar-refractivity contribution is -0.146. The standard InChI is InChI=1S/C34H38N2O4/c1-6-39-33(37)29-21(3)35-22(4)30(34(38)40-7-2)32(29)26-15-14-24-13-12-23-10-8-9-11-27(23)31(28(24)20-26)25-16-18-36(5)19-17-25/h8-15,20,29,32H,6-7,16-19H2,1-5H3. The van der Waals surface area contributed by atoms with Crippen LogP contribution in [0.3, 0.4) is 0 Å². The van der Waals surface area contributed by atoms with E-state index in [9.17, 15) is 9.59 Å². The van der Waals surface area contributed by atoms with E-state index in [1.165, 1.54) is 22.3 Å². The van der Waals surface area contributed by atoms with Gasteiger partial charge in [-0.15, -0.1) is 0 Å². The molecular formula is C34H38N2O4. The van der Waals surface area contributed by atoms with Crippen molar-refractivity contribution >= 4 is 35.4 Å². The highest BCUT2D eigenvalue weighted by Crippen LogP contribution is 2.44. The van der Waals surface area contributed by atoms with E-state index in [-0.39, 0.29) is 19.2 Å². The Balaban J connectivity index is 1.73. The number of hydrogen-bond acceptors (Lipinski definition) is 6. The molecule has 6 nitrogen and oxygen atoms in total. The fourth-order valence-electron chi connectivity index (χ4n) is 6.25. The molecule has 2 aromatic carbocycles. The lowest BCUT2D eigenvalue weighted by Crippen LogP contribution is -2.36. The Hall–Kier alpha value is -3.77. The van der Waals surface area contributed by atoms with E-state index in [2.05, 4.69) is 65.5 Å². The first-order chi connectivity index (χ1) is 19.3. The van der Waals surface area contributed by atoms with Crippen molar-refractivity contribution in [3.05, 3.63) is 87.1 Å². The van der Waals surface area contributed by atoms with Crippen molar-refractivity contribution in [1.82, 2.24) is 4.90 Å². The molecule has 208 valence electrons. The van der Waals surface area contributed by atoms with Crippen molar-refractivity contribution in [1.29, 1.82) is 0 Å². The average Bonchev–Trinajstić information content (AvgIpc) is 3.10. The first-order valence-corrected chi connectivity index (χ1v) is 14.3. The summed E-state index contributed by atoms with van der Waals surface area (Å²) in [6.45, 7) is 9.77. The van der Waals surface area contributed by atoms with Gasteiger partial charge < -0.3 is 14.4 Å². The van der Waals surface area contributed by atoms with Crippen LogP contribution in [0.5, 0.6) is 0 Å². The van der Waals surface area contributed by atoms with Crippen LogP contribution in [0, 0.1) is 5.92 Å². The second-order valence-electron chi connectivity index (χ2n) is 10.7. The number of nitrogens with zero attached hydrogens (tertiary/aromatic N) is 2. The molecule has 2 aliphatic heterocycles. The number of esters is 2. The maximum absolute atomic E-state index is 13.4. The van der Waals surface area contributed by atoms with Crippen molar-refractivity contribution in [2.45, 2.75) is 46.5 Å². The van der Waals surface area contributed by atoms with Crippen LogP contribution >= 0.6 is 0 Å². The number of rotatable bonds is 5. The number of carbonyl (C=O) groups is 2. The zero-order valence-electron chi connectivity index (χ0n) is 24.1. The lowest BCUT2D eigenvalue weighted by Gasteiger charge is -2.32. The quantitative estimate of drug-likeness (QED) is 0.358. The minimum atomic E-state index is -0.714. The molecule has 40 heavy (non-hydrogen) atoms. The summed E-state index contributed by atoms with van der Waals surface area (Å²) >= 11 is 0. The third kappa shape index (κ3) is 5.20. The Labute approximate surface area is 237 Å². The van der Waals surface area contributed by atoms with E-state index in [4.69, 9.17) is 9.47 Å². The van der Waals surface area contributed by atoms with E-state index < -0.39 is 17.8 Å². The van der Waals surface area contributed by atoms with E-state index in [1.807, 2.05) is 19.9 Å². The van der Waals surface area contributed by atoms with Crippen molar-refractivity contribution in [2.24, 2.45) is 10.9 Å². The molecule has 0 bridgehead atoms. The minimum absolute atomic E-state index is 0.242. The average molecular weight is 539 g/mol. The Morgan fingerprint density at radius 1 is 0.925 bits per heavy atom. The molecule has 2 atom stereocenters. The number of carbonyl (C=O) groups excluding carboxylic acids is 2. The maximum atomic E-state index is 13.4. The molecule has 1 aliphatic carbocycles. The van der Waals surface area contributed by atoms with Gasteiger partial charge in [-0.2, -0.15) is 0 Å². The molecule has 5 rings (SSSR count). The smallest absolute Gasteiger partial charge is 0.336 e. The predicted octanol–water partition coefficient (Wildman–Crippen LogP) is 6.27. The zero-order valence-corrected chi connectivity index (χ0v) is 24.1. The predicted molar refractivity (Wildman–Crippen MR) is 160 cm³/mol. The third-order valence-corrected chi connectivity index (χ3v) is 8.19. The topological polar surface area (TPSA) is 68.2 Å². The van der Waals surface area contributed by atoms with Crippen molar-refractivity contribution in [3.8, 4) is 0 Å². The molecule has 2 heterocycles. The fourth-order valence-corrected chi connectivity index (χ4v) is 6.25. The van der Waals surface area contributed by atoms with Gasteiger partial charge in [-0.1, -0.05) is 54.1 Å². The third-order valence-electron chi connectivity index (χ3n) is 8.19. The summed E-state index contributed by atoms with van der Waals surface area (Å²) in [5, 5.41) is 0. The van der Waals surface area contributed by atoms with Crippen LogP contribution < -0.4 is 0 Å². The van der Waals surface area contributed by atoms with Crippen LogP contribution in [0.2, 0.25) is 0 Å². The molecule has 2 unspecified atom stereocenters. The van der Waals surface area contributed by atoms with Crippen LogP contribution in [0.25, 0.3) is 17.7 Å². The first kappa shape index (κ1) is 27.8. The second kappa shape index (κ2) is 11.8.